The SMILES string of the molecule is COCCNc1nc(NC[C@H]2CC[C@H](CNS(=O)(=O)c3ccc(C)cc3)CC2)nc2ccccc12. The highest BCUT2D eigenvalue weighted by Gasteiger charge is 2.23. The van der Waals surface area contributed by atoms with Gasteiger partial charge in [-0.1, -0.05) is 29.8 Å². The van der Waals surface area contributed by atoms with Gasteiger partial charge in [0, 0.05) is 32.1 Å². The van der Waals surface area contributed by atoms with Gasteiger partial charge in [0.2, 0.25) is 16.0 Å². The fourth-order valence-corrected chi connectivity index (χ4v) is 5.58. The first-order valence-electron chi connectivity index (χ1n) is 12.2. The molecule has 9 heteroatoms. The number of fused-ring (bicyclic) bond motifs is 1. The van der Waals surface area contributed by atoms with Crippen LogP contribution in [0.25, 0.3) is 10.9 Å². The number of ether oxygens (including phenoxy) is 1. The molecule has 0 spiro atoms. The molecule has 0 bridgehead atoms. The van der Waals surface area contributed by atoms with Crippen LogP contribution >= 0.6 is 0 Å². The summed E-state index contributed by atoms with van der Waals surface area (Å²) in [5.74, 6) is 2.30. The van der Waals surface area contributed by atoms with Gasteiger partial charge in [-0.25, -0.2) is 18.1 Å². The smallest absolute Gasteiger partial charge is 0.240 e. The average molecular weight is 498 g/mol. The van der Waals surface area contributed by atoms with Crippen LogP contribution in [0.5, 0.6) is 0 Å². The molecule has 3 N–H and O–H groups in total. The van der Waals surface area contributed by atoms with E-state index in [2.05, 4.69) is 20.3 Å². The number of sulfonamides is 1. The Hall–Kier alpha value is -2.75. The first kappa shape index (κ1) is 25.3. The average Bonchev–Trinajstić information content (AvgIpc) is 2.87. The first-order valence-corrected chi connectivity index (χ1v) is 13.7. The maximum Gasteiger partial charge on any atom is 0.240 e. The van der Waals surface area contributed by atoms with Crippen LogP contribution in [0.3, 0.4) is 0 Å². The van der Waals surface area contributed by atoms with Crippen LogP contribution in [0.4, 0.5) is 11.8 Å². The topological polar surface area (TPSA) is 105 Å². The molecule has 1 aromatic heterocycles. The summed E-state index contributed by atoms with van der Waals surface area (Å²) < 4.78 is 33.1. The maximum absolute atomic E-state index is 12.6. The standard InChI is InChI=1S/C26H35N5O3S/c1-19-7-13-22(14-8-19)35(32,33)29-18-21-11-9-20(10-12-21)17-28-26-30-24-6-4-3-5-23(24)25(31-26)27-15-16-34-2/h3-8,13-14,20-21,29H,9-12,15-18H2,1-2H3,(H2,27,28,30,31)/t20-,21-. The predicted molar refractivity (Wildman–Crippen MR) is 140 cm³/mol. The van der Waals surface area contributed by atoms with Crippen molar-refractivity contribution in [1.29, 1.82) is 0 Å². The van der Waals surface area contributed by atoms with Gasteiger partial charge in [-0.05, 0) is 68.7 Å². The summed E-state index contributed by atoms with van der Waals surface area (Å²) >= 11 is 0. The fraction of sp³-hybridized carbons (Fsp3) is 0.462. The van der Waals surface area contributed by atoms with Crippen molar-refractivity contribution < 1.29 is 13.2 Å². The van der Waals surface area contributed by atoms with Crippen LogP contribution in [0.15, 0.2) is 53.4 Å². The van der Waals surface area contributed by atoms with E-state index in [9.17, 15) is 8.42 Å². The van der Waals surface area contributed by atoms with E-state index in [1.807, 2.05) is 43.3 Å². The Bertz CT molecular complexity index is 1210. The minimum atomic E-state index is -3.46. The van der Waals surface area contributed by atoms with E-state index >= 15 is 0 Å². The Morgan fingerprint density at radius 2 is 1.60 bits per heavy atom. The molecule has 1 aliphatic rings. The summed E-state index contributed by atoms with van der Waals surface area (Å²) in [6.45, 7) is 4.51. The van der Waals surface area contributed by atoms with Crippen LogP contribution in [0.1, 0.15) is 31.2 Å². The number of aryl methyl sites for hydroxylation is 1. The van der Waals surface area contributed by atoms with Crippen molar-refractivity contribution in [2.45, 2.75) is 37.5 Å². The van der Waals surface area contributed by atoms with Gasteiger partial charge in [0.1, 0.15) is 5.82 Å². The molecule has 1 aliphatic carbocycles. The lowest BCUT2D eigenvalue weighted by Gasteiger charge is -2.28. The number of hydrogen-bond donors (Lipinski definition) is 3. The molecule has 1 fully saturated rings. The molecule has 188 valence electrons. The number of nitrogens with one attached hydrogen (secondary N) is 3. The molecular weight excluding hydrogens is 462 g/mol. The molecule has 3 aromatic rings. The summed E-state index contributed by atoms with van der Waals surface area (Å²) in [6, 6.07) is 14.9. The molecule has 35 heavy (non-hydrogen) atoms. The van der Waals surface area contributed by atoms with Crippen molar-refractivity contribution in [3.8, 4) is 0 Å². The van der Waals surface area contributed by atoms with Crippen molar-refractivity contribution in [2.75, 3.05) is 44.0 Å². The second-order valence-corrected chi connectivity index (χ2v) is 11.0. The number of benzene rings is 2. The van der Waals surface area contributed by atoms with Crippen LogP contribution in [-0.2, 0) is 14.8 Å². The van der Waals surface area contributed by atoms with Gasteiger partial charge >= 0.3 is 0 Å². The lowest BCUT2D eigenvalue weighted by Crippen LogP contribution is -2.32. The summed E-state index contributed by atoms with van der Waals surface area (Å²) in [5, 5.41) is 7.76. The largest absolute Gasteiger partial charge is 0.383 e. The van der Waals surface area contributed by atoms with Crippen LogP contribution in [-0.4, -0.2) is 51.7 Å². The van der Waals surface area contributed by atoms with Crippen molar-refractivity contribution >= 4 is 32.7 Å². The highest BCUT2D eigenvalue weighted by molar-refractivity contribution is 7.89. The van der Waals surface area contributed by atoms with Crippen LogP contribution in [0, 0.1) is 18.8 Å². The van der Waals surface area contributed by atoms with Gasteiger partial charge in [0.25, 0.3) is 0 Å². The molecule has 8 nitrogen and oxygen atoms in total. The number of hydrogen-bond acceptors (Lipinski definition) is 7. The van der Waals surface area contributed by atoms with Crippen molar-refractivity contribution in [2.24, 2.45) is 11.8 Å². The Labute approximate surface area is 208 Å². The lowest BCUT2D eigenvalue weighted by molar-refractivity contribution is 0.210. The zero-order valence-electron chi connectivity index (χ0n) is 20.5. The monoisotopic (exact) mass is 497 g/mol. The summed E-state index contributed by atoms with van der Waals surface area (Å²) in [6.07, 6.45) is 4.11. The number of methoxy groups -OCH3 is 1. The Morgan fingerprint density at radius 1 is 0.914 bits per heavy atom. The normalized spacial score (nSPS) is 18.5. The summed E-state index contributed by atoms with van der Waals surface area (Å²) in [4.78, 5) is 9.71. The maximum atomic E-state index is 12.6. The Balaban J connectivity index is 1.27. The Morgan fingerprint density at radius 3 is 2.31 bits per heavy atom. The lowest BCUT2D eigenvalue weighted by atomic mass is 9.82. The van der Waals surface area contributed by atoms with Crippen molar-refractivity contribution in [3.05, 3.63) is 54.1 Å². The third kappa shape index (κ3) is 6.90. The van der Waals surface area contributed by atoms with Crippen LogP contribution < -0.4 is 15.4 Å². The molecular formula is C26H35N5O3S. The zero-order valence-corrected chi connectivity index (χ0v) is 21.3. The molecule has 4 rings (SSSR count). The summed E-state index contributed by atoms with van der Waals surface area (Å²) in [7, 11) is -1.78. The van der Waals surface area contributed by atoms with E-state index < -0.39 is 10.0 Å². The van der Waals surface area contributed by atoms with Crippen molar-refractivity contribution in [3.63, 3.8) is 0 Å². The molecule has 0 amide bonds. The molecule has 0 unspecified atom stereocenters. The number of rotatable bonds is 11. The third-order valence-electron chi connectivity index (χ3n) is 6.61. The van der Waals surface area contributed by atoms with Crippen molar-refractivity contribution in [1.82, 2.24) is 14.7 Å². The van der Waals surface area contributed by atoms with Gasteiger partial charge in [0.15, 0.2) is 0 Å². The quantitative estimate of drug-likeness (QED) is 0.341. The van der Waals surface area contributed by atoms with E-state index in [0.29, 0.717) is 42.4 Å². The van der Waals surface area contributed by atoms with Gasteiger partial charge < -0.3 is 15.4 Å². The minimum Gasteiger partial charge on any atom is -0.383 e. The molecule has 0 saturated heterocycles. The first-order chi connectivity index (χ1) is 16.9. The second kappa shape index (κ2) is 11.8. The van der Waals surface area contributed by atoms with E-state index in [1.54, 1.807) is 19.2 Å². The van der Waals surface area contributed by atoms with Crippen LogP contribution in [0.2, 0.25) is 0 Å². The molecule has 1 heterocycles. The molecule has 1 saturated carbocycles. The van der Waals surface area contributed by atoms with Gasteiger partial charge in [-0.15, -0.1) is 0 Å². The number of nitrogens with zero attached hydrogens (tertiary/aromatic N) is 2. The number of anilines is 2. The zero-order chi connectivity index (χ0) is 24.7. The number of para-hydroxylation sites is 1. The highest BCUT2D eigenvalue weighted by Crippen LogP contribution is 2.29. The molecule has 0 radical (unpaired) electrons. The molecule has 0 aliphatic heterocycles. The molecule has 2 aromatic carbocycles. The third-order valence-corrected chi connectivity index (χ3v) is 8.05. The second-order valence-electron chi connectivity index (χ2n) is 9.27. The van der Waals surface area contributed by atoms with E-state index in [1.165, 1.54) is 0 Å². The summed E-state index contributed by atoms with van der Waals surface area (Å²) in [5.41, 5.74) is 1.94. The van der Waals surface area contributed by atoms with E-state index in [4.69, 9.17) is 9.72 Å². The highest BCUT2D eigenvalue weighted by atomic mass is 32.2. The van der Waals surface area contributed by atoms with E-state index in [0.717, 1.165) is 54.5 Å². The number of aromatic nitrogens is 2. The van der Waals surface area contributed by atoms with Gasteiger partial charge in [-0.3, -0.25) is 0 Å². The predicted octanol–water partition coefficient (Wildman–Crippen LogP) is 4.19. The van der Waals surface area contributed by atoms with Gasteiger partial charge in [0.05, 0.1) is 17.0 Å². The minimum absolute atomic E-state index is 0.326. The van der Waals surface area contributed by atoms with Gasteiger partial charge in [-0.2, -0.15) is 4.98 Å². The van der Waals surface area contributed by atoms with E-state index in [-0.39, 0.29) is 0 Å². The Kier molecular flexibility index (Phi) is 8.54. The molecule has 0 atom stereocenters. The fourth-order valence-electron chi connectivity index (χ4n) is 4.47.